The second kappa shape index (κ2) is 16.8. The summed E-state index contributed by atoms with van der Waals surface area (Å²) in [6.45, 7) is 8.85. The minimum Gasteiger partial charge on any atom is -0.453 e. The number of carbonyl (C=O) groups is 4. The van der Waals surface area contributed by atoms with Crippen LogP contribution in [-0.4, -0.2) is 93.1 Å². The van der Waals surface area contributed by atoms with Crippen molar-refractivity contribution in [1.29, 1.82) is 0 Å². The summed E-state index contributed by atoms with van der Waals surface area (Å²) in [4.78, 5) is 72.0. The lowest BCUT2D eigenvalue weighted by Gasteiger charge is -2.30. The molecular weight excluding hydrogens is 725 g/mol. The maximum atomic E-state index is 13.7. The van der Waals surface area contributed by atoms with Crippen molar-refractivity contribution in [3.63, 3.8) is 0 Å². The average Bonchev–Trinajstić information content (AvgIpc) is 4.04. The number of ether oxygens (including phenoxy) is 2. The first-order valence-corrected chi connectivity index (χ1v) is 20.1. The van der Waals surface area contributed by atoms with Gasteiger partial charge in [0.05, 0.1) is 43.9 Å². The number of hydrogen-bond donors (Lipinski definition) is 4. The highest BCUT2D eigenvalue weighted by Crippen LogP contribution is 2.39. The van der Waals surface area contributed by atoms with Crippen LogP contribution in [0.1, 0.15) is 94.8 Å². The number of aryl methyl sites for hydroxylation is 2. The van der Waals surface area contributed by atoms with Crippen LogP contribution in [0.15, 0.2) is 48.7 Å². The Morgan fingerprint density at radius 2 is 1.28 bits per heavy atom. The predicted octanol–water partition coefficient (Wildman–Crippen LogP) is 6.71. The Bertz CT molecular complexity index is 2110. The lowest BCUT2D eigenvalue weighted by Crippen LogP contribution is -2.51. The van der Waals surface area contributed by atoms with Gasteiger partial charge >= 0.3 is 12.2 Å². The number of alkyl carbamates (subject to hydrolysis) is 2. The Balaban J connectivity index is 1.06. The molecule has 57 heavy (non-hydrogen) atoms. The number of carbonyl (C=O) groups excluding carboxylic acids is 4. The van der Waals surface area contributed by atoms with E-state index in [1.165, 1.54) is 19.8 Å². The van der Waals surface area contributed by atoms with Gasteiger partial charge in [0, 0.05) is 24.3 Å². The van der Waals surface area contributed by atoms with Crippen LogP contribution in [0.3, 0.4) is 0 Å². The average molecular weight is 779 g/mol. The Kier molecular flexibility index (Phi) is 11.7. The SMILES string of the molecule is COC(=O)N[C@H](C(=O)N1CCC[C@H]1c1ncc(-c2ccc(-c3ccc4c(c3)CCCc3[nH]c([C@@H]5CCCN5C(=O)[C@@H](NC(=O)OC)C(C)C)nc3-4)cc2)[nH]1)C(C)C. The normalized spacial score (nSPS) is 18.8. The van der Waals surface area contributed by atoms with Gasteiger partial charge in [-0.15, -0.1) is 0 Å². The molecule has 1 aliphatic carbocycles. The van der Waals surface area contributed by atoms with Gasteiger partial charge in [0.25, 0.3) is 0 Å². The quantitative estimate of drug-likeness (QED) is 0.137. The summed E-state index contributed by atoms with van der Waals surface area (Å²) in [5.74, 6) is 1.07. The highest BCUT2D eigenvalue weighted by molar-refractivity contribution is 5.87. The van der Waals surface area contributed by atoms with Crippen LogP contribution in [0.2, 0.25) is 0 Å². The zero-order valence-corrected chi connectivity index (χ0v) is 33.7. The summed E-state index contributed by atoms with van der Waals surface area (Å²) < 4.78 is 9.57. The van der Waals surface area contributed by atoms with Gasteiger partial charge in [-0.25, -0.2) is 19.6 Å². The molecule has 2 aliphatic heterocycles. The smallest absolute Gasteiger partial charge is 0.407 e. The number of aromatic nitrogens is 4. The number of nitrogens with one attached hydrogen (secondary N) is 4. The van der Waals surface area contributed by atoms with Gasteiger partial charge in [-0.2, -0.15) is 0 Å². The second-order valence-electron chi connectivity index (χ2n) is 16.0. The highest BCUT2D eigenvalue weighted by atomic mass is 16.5. The Hall–Kier alpha value is -5.66. The van der Waals surface area contributed by atoms with Gasteiger partial charge in [-0.05, 0) is 79.0 Å². The number of benzene rings is 2. The molecule has 2 aromatic heterocycles. The van der Waals surface area contributed by atoms with E-state index < -0.39 is 24.3 Å². The predicted molar refractivity (Wildman–Crippen MR) is 215 cm³/mol. The number of fused-ring (bicyclic) bond motifs is 3. The number of rotatable bonds is 10. The van der Waals surface area contributed by atoms with Crippen LogP contribution < -0.4 is 10.6 Å². The Morgan fingerprint density at radius 1 is 0.719 bits per heavy atom. The topological polar surface area (TPSA) is 175 Å². The zero-order valence-electron chi connectivity index (χ0n) is 33.7. The lowest BCUT2D eigenvalue weighted by atomic mass is 9.95. The highest BCUT2D eigenvalue weighted by Gasteiger charge is 2.39. The Morgan fingerprint density at radius 3 is 1.86 bits per heavy atom. The van der Waals surface area contributed by atoms with Gasteiger partial charge in [0.15, 0.2) is 0 Å². The van der Waals surface area contributed by atoms with E-state index in [-0.39, 0.29) is 35.7 Å². The summed E-state index contributed by atoms with van der Waals surface area (Å²) >= 11 is 0. The van der Waals surface area contributed by atoms with E-state index in [1.54, 1.807) is 0 Å². The van der Waals surface area contributed by atoms with E-state index in [4.69, 9.17) is 19.4 Å². The third-order valence-electron chi connectivity index (χ3n) is 11.6. The first-order chi connectivity index (χ1) is 27.5. The maximum Gasteiger partial charge on any atom is 0.407 e. The van der Waals surface area contributed by atoms with Crippen molar-refractivity contribution >= 4 is 24.0 Å². The van der Waals surface area contributed by atoms with Crippen LogP contribution in [0.25, 0.3) is 33.6 Å². The van der Waals surface area contributed by atoms with E-state index in [9.17, 15) is 19.2 Å². The van der Waals surface area contributed by atoms with Crippen molar-refractivity contribution in [2.24, 2.45) is 11.8 Å². The van der Waals surface area contributed by atoms with Gasteiger partial charge < -0.3 is 39.9 Å². The van der Waals surface area contributed by atoms with Crippen molar-refractivity contribution in [2.75, 3.05) is 27.3 Å². The standard InChI is InChI=1S/C43H54N8O6/c1-24(2)35(48-42(54)56-5)40(52)50-20-8-12-33(50)38-44-23-32(46-38)27-16-14-26(15-17-27)28-18-19-30-29(22-28)10-7-11-31-37(30)47-39(45-31)34-13-9-21-51(34)41(53)36(25(3)4)49-43(55)57-6/h14-19,22-25,33-36H,7-13,20-21H2,1-6H3,(H,44,46)(H,45,47)(H,48,54)(H,49,55)/t33-,34-,35-,36-/m0/s1. The Labute approximate surface area is 333 Å². The lowest BCUT2D eigenvalue weighted by molar-refractivity contribution is -0.136. The third-order valence-corrected chi connectivity index (χ3v) is 11.6. The van der Waals surface area contributed by atoms with Crippen LogP contribution in [0.5, 0.6) is 0 Å². The molecule has 3 aliphatic rings. The molecule has 0 bridgehead atoms. The van der Waals surface area contributed by atoms with Crippen molar-refractivity contribution < 1.29 is 28.7 Å². The molecule has 14 heteroatoms. The fraction of sp³-hybridized carbons (Fsp3) is 0.488. The fourth-order valence-electron chi connectivity index (χ4n) is 8.54. The molecule has 4 heterocycles. The number of amides is 4. The fourth-order valence-corrected chi connectivity index (χ4v) is 8.54. The van der Waals surface area contributed by atoms with E-state index in [0.29, 0.717) is 13.1 Å². The minimum atomic E-state index is -0.686. The molecule has 0 saturated carbocycles. The second-order valence-corrected chi connectivity index (χ2v) is 16.0. The first-order valence-electron chi connectivity index (χ1n) is 20.1. The molecule has 0 unspecified atom stereocenters. The molecule has 14 nitrogen and oxygen atoms in total. The summed E-state index contributed by atoms with van der Waals surface area (Å²) in [6.07, 6.45) is 6.65. The van der Waals surface area contributed by atoms with Crippen LogP contribution in [0.4, 0.5) is 9.59 Å². The van der Waals surface area contributed by atoms with Gasteiger partial charge in [-0.1, -0.05) is 70.2 Å². The minimum absolute atomic E-state index is 0.101. The molecule has 4 aromatic rings. The monoisotopic (exact) mass is 778 g/mol. The molecule has 0 radical (unpaired) electrons. The van der Waals surface area contributed by atoms with Crippen molar-refractivity contribution in [3.05, 3.63) is 71.6 Å². The van der Waals surface area contributed by atoms with Crippen molar-refractivity contribution in [2.45, 2.75) is 96.8 Å². The van der Waals surface area contributed by atoms with Crippen LogP contribution >= 0.6 is 0 Å². The molecule has 0 spiro atoms. The molecule has 4 atom stereocenters. The van der Waals surface area contributed by atoms with Crippen LogP contribution in [0, 0.1) is 11.8 Å². The van der Waals surface area contributed by atoms with E-state index in [0.717, 1.165) is 95.9 Å². The number of methoxy groups -OCH3 is 2. The van der Waals surface area contributed by atoms with E-state index >= 15 is 0 Å². The van der Waals surface area contributed by atoms with Crippen molar-refractivity contribution in [3.8, 4) is 33.6 Å². The molecule has 302 valence electrons. The molecule has 4 amide bonds. The molecule has 2 saturated heterocycles. The molecular formula is C43H54N8O6. The van der Waals surface area contributed by atoms with Gasteiger partial charge in [0.1, 0.15) is 23.7 Å². The number of nitrogens with zero attached hydrogens (tertiary/aromatic N) is 4. The number of likely N-dealkylation sites (tertiary alicyclic amines) is 2. The molecule has 7 rings (SSSR count). The maximum absolute atomic E-state index is 13.7. The van der Waals surface area contributed by atoms with Crippen LogP contribution in [-0.2, 0) is 31.9 Å². The number of hydrogen-bond acceptors (Lipinski definition) is 8. The van der Waals surface area contributed by atoms with E-state index in [1.807, 2.05) is 43.7 Å². The van der Waals surface area contributed by atoms with E-state index in [2.05, 4.69) is 63.1 Å². The number of imidazole rings is 2. The third kappa shape index (κ3) is 8.12. The number of H-pyrrole nitrogens is 2. The summed E-state index contributed by atoms with van der Waals surface area (Å²) in [7, 11) is 2.60. The summed E-state index contributed by atoms with van der Waals surface area (Å²) in [5.41, 5.74) is 8.47. The summed E-state index contributed by atoms with van der Waals surface area (Å²) in [6, 6.07) is 13.2. The largest absolute Gasteiger partial charge is 0.453 e. The van der Waals surface area contributed by atoms with Gasteiger partial charge in [-0.3, -0.25) is 9.59 Å². The molecule has 4 N–H and O–H groups in total. The molecule has 2 fully saturated rings. The zero-order chi connectivity index (χ0) is 40.4. The van der Waals surface area contributed by atoms with Gasteiger partial charge in [0.2, 0.25) is 11.8 Å². The first kappa shape index (κ1) is 39.6. The number of aromatic amines is 2. The molecule has 2 aromatic carbocycles. The van der Waals surface area contributed by atoms with Crippen molar-refractivity contribution in [1.82, 2.24) is 40.4 Å². The summed E-state index contributed by atoms with van der Waals surface area (Å²) in [5, 5.41) is 5.44.